The molecule has 6 nitrogen and oxygen atoms in total. The first-order chi connectivity index (χ1) is 12.8. The highest BCUT2D eigenvalue weighted by Crippen LogP contribution is 2.22. The van der Waals surface area contributed by atoms with Crippen LogP contribution in [0.25, 0.3) is 10.9 Å². The van der Waals surface area contributed by atoms with Gasteiger partial charge in [0, 0.05) is 37.6 Å². The quantitative estimate of drug-likeness (QED) is 0.675. The van der Waals surface area contributed by atoms with Gasteiger partial charge in [-0.1, -0.05) is 0 Å². The number of hydrogen-bond donors (Lipinski definition) is 2. The fraction of sp³-hybridized carbons (Fsp3) is 0.250. The molecular formula is C20H22N4O2S. The highest BCUT2D eigenvalue weighted by atomic mass is 32.1. The Hall–Kier alpha value is -2.93. The van der Waals surface area contributed by atoms with Crippen LogP contribution in [-0.2, 0) is 6.54 Å². The Kier molecular flexibility index (Phi) is 5.14. The number of benzene rings is 2. The van der Waals surface area contributed by atoms with Crippen molar-refractivity contribution >= 4 is 40.4 Å². The number of fused-ring (bicyclic) bond motifs is 1. The van der Waals surface area contributed by atoms with Crippen molar-refractivity contribution < 1.29 is 4.79 Å². The zero-order valence-electron chi connectivity index (χ0n) is 15.8. The highest BCUT2D eigenvalue weighted by Gasteiger charge is 2.11. The molecule has 0 atom stereocenters. The van der Waals surface area contributed by atoms with Crippen molar-refractivity contribution in [3.63, 3.8) is 0 Å². The van der Waals surface area contributed by atoms with Crippen molar-refractivity contribution in [3.05, 3.63) is 62.6 Å². The van der Waals surface area contributed by atoms with Crippen LogP contribution in [0.3, 0.4) is 0 Å². The summed E-state index contributed by atoms with van der Waals surface area (Å²) in [5.41, 5.74) is 3.65. The summed E-state index contributed by atoms with van der Waals surface area (Å²) in [5.74, 6) is -0.239. The normalized spacial score (nSPS) is 10.8. The third-order valence-corrected chi connectivity index (χ3v) is 4.86. The molecule has 0 unspecified atom stereocenters. The molecule has 2 aromatic carbocycles. The lowest BCUT2D eigenvalue weighted by Gasteiger charge is -2.15. The van der Waals surface area contributed by atoms with E-state index >= 15 is 0 Å². The molecule has 0 spiro atoms. The summed E-state index contributed by atoms with van der Waals surface area (Å²) < 4.78 is 1.84. The summed E-state index contributed by atoms with van der Waals surface area (Å²) in [7, 11) is 3.94. The number of aryl methyl sites for hydroxylation is 1. The summed E-state index contributed by atoms with van der Waals surface area (Å²) >= 11 is 5.23. The Bertz CT molecular complexity index is 1140. The van der Waals surface area contributed by atoms with Crippen molar-refractivity contribution in [2.75, 3.05) is 24.3 Å². The summed E-state index contributed by atoms with van der Waals surface area (Å²) in [4.78, 5) is 30.2. The van der Waals surface area contributed by atoms with Crippen LogP contribution >= 0.6 is 12.2 Å². The number of rotatable bonds is 4. The lowest BCUT2D eigenvalue weighted by atomic mass is 10.1. The van der Waals surface area contributed by atoms with Crippen molar-refractivity contribution in [3.8, 4) is 0 Å². The van der Waals surface area contributed by atoms with Gasteiger partial charge in [0.05, 0.1) is 10.9 Å². The van der Waals surface area contributed by atoms with E-state index in [4.69, 9.17) is 12.2 Å². The van der Waals surface area contributed by atoms with Crippen LogP contribution in [0.1, 0.15) is 22.8 Å². The third-order valence-electron chi connectivity index (χ3n) is 4.53. The van der Waals surface area contributed by atoms with Crippen molar-refractivity contribution in [2.24, 2.45) is 0 Å². The molecule has 0 aliphatic heterocycles. The number of H-pyrrole nitrogens is 1. The molecule has 1 aromatic heterocycles. The maximum Gasteiger partial charge on any atom is 0.262 e. The molecule has 27 heavy (non-hydrogen) atoms. The van der Waals surface area contributed by atoms with Crippen LogP contribution in [0.4, 0.5) is 11.4 Å². The molecular weight excluding hydrogens is 360 g/mol. The second kappa shape index (κ2) is 7.36. The molecule has 0 saturated carbocycles. The third kappa shape index (κ3) is 3.64. The summed E-state index contributed by atoms with van der Waals surface area (Å²) in [6.45, 7) is 4.31. The maximum absolute atomic E-state index is 12.7. The van der Waals surface area contributed by atoms with Crippen molar-refractivity contribution in [1.29, 1.82) is 0 Å². The van der Waals surface area contributed by atoms with Gasteiger partial charge in [-0.3, -0.25) is 14.2 Å². The van der Waals surface area contributed by atoms with Crippen molar-refractivity contribution in [2.45, 2.75) is 20.4 Å². The molecule has 0 radical (unpaired) electrons. The van der Waals surface area contributed by atoms with Gasteiger partial charge in [-0.25, -0.2) is 0 Å². The van der Waals surface area contributed by atoms with Crippen LogP contribution in [0.5, 0.6) is 0 Å². The van der Waals surface area contributed by atoms with E-state index in [1.807, 2.05) is 51.0 Å². The van der Waals surface area contributed by atoms with E-state index in [1.165, 1.54) is 4.57 Å². The fourth-order valence-corrected chi connectivity index (χ4v) is 3.27. The van der Waals surface area contributed by atoms with Gasteiger partial charge >= 0.3 is 0 Å². The number of aromatic nitrogens is 2. The lowest BCUT2D eigenvalue weighted by molar-refractivity contribution is 0.102. The Morgan fingerprint density at radius 3 is 2.59 bits per heavy atom. The van der Waals surface area contributed by atoms with Crippen LogP contribution in [0.15, 0.2) is 41.2 Å². The average molecular weight is 382 g/mol. The molecule has 0 aliphatic rings. The van der Waals surface area contributed by atoms with Crippen molar-refractivity contribution in [1.82, 2.24) is 9.55 Å². The minimum atomic E-state index is -0.239. The van der Waals surface area contributed by atoms with Gasteiger partial charge < -0.3 is 15.2 Å². The fourth-order valence-electron chi connectivity index (χ4n) is 2.94. The zero-order chi connectivity index (χ0) is 19.7. The molecule has 0 fully saturated rings. The first kappa shape index (κ1) is 18.8. The second-order valence-electron chi connectivity index (χ2n) is 6.59. The summed E-state index contributed by atoms with van der Waals surface area (Å²) in [6.07, 6.45) is 0. The number of carbonyl (C=O) groups is 1. The standard InChI is InChI=1S/C20H22N4O2S/c1-5-24-19(26)15-8-6-13(11-17(15)22-20(24)27)18(25)21-16-9-7-14(23(3)4)10-12(16)2/h6-11H,5H2,1-4H3,(H,21,25)(H,22,27). The SMILES string of the molecule is CCn1c(=S)[nH]c2cc(C(=O)Nc3ccc(N(C)C)cc3C)ccc2c1=O. The molecule has 3 rings (SSSR count). The molecule has 140 valence electrons. The van der Waals surface area contributed by atoms with Crippen LogP contribution in [0.2, 0.25) is 0 Å². The molecule has 7 heteroatoms. The van der Waals surface area contributed by atoms with Gasteiger partial charge in [0.1, 0.15) is 0 Å². The number of anilines is 2. The van der Waals surface area contributed by atoms with Crippen LogP contribution in [0, 0.1) is 11.7 Å². The Morgan fingerprint density at radius 2 is 1.96 bits per heavy atom. The van der Waals surface area contributed by atoms with E-state index < -0.39 is 0 Å². The number of amides is 1. The molecule has 3 aromatic rings. The van der Waals surface area contributed by atoms with E-state index in [9.17, 15) is 9.59 Å². The number of nitrogens with zero attached hydrogens (tertiary/aromatic N) is 2. The Morgan fingerprint density at radius 1 is 1.22 bits per heavy atom. The molecule has 1 heterocycles. The Labute approximate surface area is 162 Å². The largest absolute Gasteiger partial charge is 0.378 e. The van der Waals surface area contributed by atoms with E-state index in [2.05, 4.69) is 10.3 Å². The van der Waals surface area contributed by atoms with Gasteiger partial charge in [0.25, 0.3) is 11.5 Å². The minimum Gasteiger partial charge on any atom is -0.378 e. The minimum absolute atomic E-state index is 0.154. The first-order valence-electron chi connectivity index (χ1n) is 8.68. The topological polar surface area (TPSA) is 70.1 Å². The van der Waals surface area contributed by atoms with Gasteiger partial charge in [0.2, 0.25) is 0 Å². The number of hydrogen-bond acceptors (Lipinski definition) is 4. The van der Waals surface area contributed by atoms with E-state index in [0.29, 0.717) is 27.8 Å². The lowest BCUT2D eigenvalue weighted by Crippen LogP contribution is -2.21. The average Bonchev–Trinajstić information content (AvgIpc) is 2.63. The van der Waals surface area contributed by atoms with Gasteiger partial charge in [-0.2, -0.15) is 0 Å². The number of carbonyl (C=O) groups excluding carboxylic acids is 1. The number of nitrogens with one attached hydrogen (secondary N) is 2. The van der Waals surface area contributed by atoms with Gasteiger partial charge in [-0.05, 0) is 68.0 Å². The molecule has 0 saturated heterocycles. The maximum atomic E-state index is 12.7. The van der Waals surface area contributed by atoms with E-state index in [0.717, 1.165) is 16.9 Å². The molecule has 0 aliphatic carbocycles. The van der Waals surface area contributed by atoms with E-state index in [1.54, 1.807) is 18.2 Å². The molecule has 1 amide bonds. The van der Waals surface area contributed by atoms with Gasteiger partial charge in [0.15, 0.2) is 4.77 Å². The number of aromatic amines is 1. The summed E-state index contributed by atoms with van der Waals surface area (Å²) in [5, 5.41) is 3.44. The predicted octanol–water partition coefficient (Wildman–Crippen LogP) is 3.71. The second-order valence-corrected chi connectivity index (χ2v) is 6.97. The molecule has 2 N–H and O–H groups in total. The smallest absolute Gasteiger partial charge is 0.262 e. The molecule has 0 bridgehead atoms. The highest BCUT2D eigenvalue weighted by molar-refractivity contribution is 7.71. The van der Waals surface area contributed by atoms with Crippen LogP contribution < -0.4 is 15.8 Å². The first-order valence-corrected chi connectivity index (χ1v) is 9.09. The van der Waals surface area contributed by atoms with E-state index in [-0.39, 0.29) is 11.5 Å². The zero-order valence-corrected chi connectivity index (χ0v) is 16.6. The summed E-state index contributed by atoms with van der Waals surface area (Å²) in [6, 6.07) is 10.8. The Balaban J connectivity index is 1.95. The van der Waals surface area contributed by atoms with Crippen LogP contribution in [-0.4, -0.2) is 29.6 Å². The predicted molar refractivity (Wildman–Crippen MR) is 113 cm³/mol. The van der Waals surface area contributed by atoms with Gasteiger partial charge in [-0.15, -0.1) is 0 Å². The monoisotopic (exact) mass is 382 g/mol.